The van der Waals surface area contributed by atoms with Gasteiger partial charge in [-0.1, -0.05) is 11.6 Å². The van der Waals surface area contributed by atoms with Crippen LogP contribution in [0.15, 0.2) is 17.7 Å². The molecule has 32 valence electrons. The second-order valence-corrected chi connectivity index (χ2v) is 2.19. The van der Waals surface area contributed by atoms with Crippen LogP contribution in [0.25, 0.3) is 0 Å². The van der Waals surface area contributed by atoms with E-state index in [0.717, 1.165) is 0 Å². The molecule has 0 unspecified atom stereocenters. The molecular formula is C5H6LiP. The average Bonchev–Trinajstić information content (AvgIpc) is 1.86. The van der Waals surface area contributed by atoms with Crippen LogP contribution in [-0.2, 0) is 0 Å². The topological polar surface area (TPSA) is 0 Å². The van der Waals surface area contributed by atoms with Gasteiger partial charge in [0, 0.05) is 0 Å². The van der Waals surface area contributed by atoms with Crippen molar-refractivity contribution in [2.75, 3.05) is 0 Å². The van der Waals surface area contributed by atoms with Gasteiger partial charge in [-0.15, -0.1) is 0 Å². The summed E-state index contributed by atoms with van der Waals surface area (Å²) in [5.41, 5.74) is 1.39. The van der Waals surface area contributed by atoms with Gasteiger partial charge in [-0.3, -0.25) is 0 Å². The Morgan fingerprint density at radius 3 is 2.43 bits per heavy atom. The molecular weight excluding hydrogens is 98.0 g/mol. The first-order valence-electron chi connectivity index (χ1n) is 1.93. The first-order chi connectivity index (χ1) is 2.89. The van der Waals surface area contributed by atoms with Crippen LogP contribution in [-0.4, -0.2) is 0 Å². The summed E-state index contributed by atoms with van der Waals surface area (Å²) in [6, 6.07) is 2.13. The van der Waals surface area contributed by atoms with Crippen LogP contribution in [0.5, 0.6) is 0 Å². The van der Waals surface area contributed by atoms with Crippen molar-refractivity contribution < 1.29 is 18.9 Å². The molecule has 0 nitrogen and oxygen atoms in total. The first kappa shape index (κ1) is 7.38. The van der Waals surface area contributed by atoms with Gasteiger partial charge in [-0.05, 0) is 6.92 Å². The van der Waals surface area contributed by atoms with Gasteiger partial charge in [0.15, 0.2) is 0 Å². The fourth-order valence-corrected chi connectivity index (χ4v) is 1.09. The standard InChI is InChI=1S/C5H6P.Li/c1-5-2-3-6-4-5;/h2-4H,1H3;/q-1;+1. The molecule has 0 spiro atoms. The van der Waals surface area contributed by atoms with Gasteiger partial charge < -0.3 is 8.19 Å². The summed E-state index contributed by atoms with van der Waals surface area (Å²) >= 11 is 0. The van der Waals surface area contributed by atoms with Crippen molar-refractivity contribution in [2.24, 2.45) is 0 Å². The van der Waals surface area contributed by atoms with E-state index in [9.17, 15) is 0 Å². The molecule has 0 amide bonds. The van der Waals surface area contributed by atoms with Gasteiger partial charge in [-0.2, -0.15) is 0 Å². The number of rotatable bonds is 0. The summed E-state index contributed by atoms with van der Waals surface area (Å²) in [7, 11) is 1.34. The third-order valence-electron chi connectivity index (χ3n) is 0.702. The second kappa shape index (κ2) is 3.39. The Hall–Kier alpha value is 0.377. The van der Waals surface area contributed by atoms with Crippen molar-refractivity contribution in [3.05, 3.63) is 23.2 Å². The molecule has 0 radical (unpaired) electrons. The molecule has 0 bridgehead atoms. The molecule has 1 aromatic heterocycles. The van der Waals surface area contributed by atoms with Crippen molar-refractivity contribution >= 4 is 8.19 Å². The van der Waals surface area contributed by atoms with E-state index in [2.05, 4.69) is 24.6 Å². The quantitative estimate of drug-likeness (QED) is 0.382. The van der Waals surface area contributed by atoms with E-state index >= 15 is 0 Å². The van der Waals surface area contributed by atoms with Crippen LogP contribution in [0.3, 0.4) is 0 Å². The zero-order chi connectivity index (χ0) is 4.41. The first-order valence-corrected chi connectivity index (χ1v) is 2.96. The van der Waals surface area contributed by atoms with E-state index in [0.29, 0.717) is 0 Å². The number of hydrogen-bond donors (Lipinski definition) is 0. The summed E-state index contributed by atoms with van der Waals surface area (Å²) in [4.78, 5) is 0. The van der Waals surface area contributed by atoms with E-state index in [1.165, 1.54) is 13.8 Å². The third-order valence-corrected chi connectivity index (χ3v) is 1.58. The van der Waals surface area contributed by atoms with E-state index in [-0.39, 0.29) is 18.9 Å². The van der Waals surface area contributed by atoms with Crippen molar-refractivity contribution in [3.8, 4) is 0 Å². The van der Waals surface area contributed by atoms with E-state index < -0.39 is 0 Å². The van der Waals surface area contributed by atoms with E-state index in [4.69, 9.17) is 0 Å². The van der Waals surface area contributed by atoms with Crippen molar-refractivity contribution in [1.82, 2.24) is 0 Å². The second-order valence-electron chi connectivity index (χ2n) is 1.34. The molecule has 0 aliphatic rings. The SMILES string of the molecule is Cc1cc[p-]c1.[Li+]. The third kappa shape index (κ3) is 2.25. The van der Waals surface area contributed by atoms with Crippen LogP contribution in [0.2, 0.25) is 0 Å². The van der Waals surface area contributed by atoms with Gasteiger partial charge in [0.05, 0.1) is 0 Å². The zero-order valence-corrected chi connectivity index (χ0v) is 5.57. The normalized spacial score (nSPS) is 8.71. The summed E-state index contributed by atoms with van der Waals surface area (Å²) in [6.45, 7) is 2.11. The van der Waals surface area contributed by atoms with Crippen molar-refractivity contribution in [1.29, 1.82) is 0 Å². The van der Waals surface area contributed by atoms with Gasteiger partial charge in [0.25, 0.3) is 0 Å². The molecule has 0 aliphatic heterocycles. The van der Waals surface area contributed by atoms with E-state index in [1.807, 2.05) is 0 Å². The molecule has 1 aromatic rings. The van der Waals surface area contributed by atoms with Crippen LogP contribution < -0.4 is 18.9 Å². The fourth-order valence-electron chi connectivity index (χ4n) is 0.364. The molecule has 0 N–H and O–H groups in total. The van der Waals surface area contributed by atoms with Crippen molar-refractivity contribution in [2.45, 2.75) is 6.92 Å². The molecule has 0 fully saturated rings. The Morgan fingerprint density at radius 2 is 2.29 bits per heavy atom. The monoisotopic (exact) mass is 104 g/mol. The molecule has 0 saturated carbocycles. The minimum Gasteiger partial charge on any atom is -0.531 e. The summed E-state index contributed by atoms with van der Waals surface area (Å²) < 4.78 is 0. The summed E-state index contributed by atoms with van der Waals surface area (Å²) in [5.74, 6) is 4.31. The van der Waals surface area contributed by atoms with Gasteiger partial charge >= 0.3 is 18.9 Å². The Labute approximate surface area is 57.6 Å². The molecule has 0 saturated heterocycles. The average molecular weight is 104 g/mol. The van der Waals surface area contributed by atoms with Gasteiger partial charge in [-0.25, -0.2) is 11.6 Å². The molecule has 0 aromatic carbocycles. The van der Waals surface area contributed by atoms with Gasteiger partial charge in [0.2, 0.25) is 0 Å². The Morgan fingerprint density at radius 1 is 1.57 bits per heavy atom. The number of aryl methyl sites for hydroxylation is 1. The smallest absolute Gasteiger partial charge is 0.531 e. The molecule has 1 heterocycles. The summed E-state index contributed by atoms with van der Waals surface area (Å²) in [6.07, 6.45) is 0. The minimum absolute atomic E-state index is 0. The van der Waals surface area contributed by atoms with Crippen molar-refractivity contribution in [3.63, 3.8) is 0 Å². The number of hydrogen-bond acceptors (Lipinski definition) is 0. The molecule has 7 heavy (non-hydrogen) atoms. The van der Waals surface area contributed by atoms with Crippen LogP contribution >= 0.6 is 8.19 Å². The predicted molar refractivity (Wildman–Crippen MR) is 29.3 cm³/mol. The maximum Gasteiger partial charge on any atom is 1.00 e. The van der Waals surface area contributed by atoms with Gasteiger partial charge in [0.1, 0.15) is 0 Å². The Kier molecular flexibility index (Phi) is 3.57. The maximum atomic E-state index is 2.18. The minimum atomic E-state index is 0. The molecule has 0 atom stereocenters. The zero-order valence-electron chi connectivity index (χ0n) is 4.68. The molecule has 1 rings (SSSR count). The molecule has 0 aliphatic carbocycles. The van der Waals surface area contributed by atoms with E-state index in [1.54, 1.807) is 0 Å². The van der Waals surface area contributed by atoms with Crippen LogP contribution in [0.4, 0.5) is 0 Å². The van der Waals surface area contributed by atoms with Crippen LogP contribution in [0, 0.1) is 6.92 Å². The fraction of sp³-hybridized carbons (Fsp3) is 0.200. The maximum absolute atomic E-state index is 2.18. The van der Waals surface area contributed by atoms with Crippen LogP contribution in [0.1, 0.15) is 5.56 Å². The Balaban J connectivity index is 0.000000360. The predicted octanol–water partition coefficient (Wildman–Crippen LogP) is -0.702. The molecule has 2 heteroatoms. The largest absolute Gasteiger partial charge is 1.00 e. The summed E-state index contributed by atoms with van der Waals surface area (Å²) in [5, 5.41) is 0. The Bertz CT molecular complexity index is 112.